The van der Waals surface area contributed by atoms with Crippen LogP contribution < -0.4 is 10.2 Å². The van der Waals surface area contributed by atoms with Crippen LogP contribution in [0.1, 0.15) is 40.6 Å². The molecule has 8 heteroatoms. The highest BCUT2D eigenvalue weighted by Gasteiger charge is 2.36. The number of carbonyl (C=O) groups excluding carboxylic acids is 1. The van der Waals surface area contributed by atoms with Gasteiger partial charge in [-0.1, -0.05) is 18.2 Å². The van der Waals surface area contributed by atoms with Gasteiger partial charge in [0.1, 0.15) is 11.3 Å². The summed E-state index contributed by atoms with van der Waals surface area (Å²) in [7, 11) is -3.22. The quantitative estimate of drug-likeness (QED) is 0.547. The number of carbonyl (C=O) groups is 1. The first kappa shape index (κ1) is 23.0. The highest BCUT2D eigenvalue weighted by atomic mass is 32.2. The second-order valence-corrected chi connectivity index (χ2v) is 10.7. The Bertz CT molecular complexity index is 1360. The average molecular weight is 470 g/mol. The van der Waals surface area contributed by atoms with Crippen molar-refractivity contribution in [2.75, 3.05) is 18.1 Å². The summed E-state index contributed by atoms with van der Waals surface area (Å²) in [6.07, 6.45) is 0.348. The van der Waals surface area contributed by atoms with Crippen LogP contribution in [0.3, 0.4) is 0 Å². The molecule has 4 rings (SSSR count). The molecule has 0 spiro atoms. The summed E-state index contributed by atoms with van der Waals surface area (Å²) in [5.74, 6) is 0.0575. The summed E-state index contributed by atoms with van der Waals surface area (Å²) >= 11 is 0. The van der Waals surface area contributed by atoms with Crippen LogP contribution in [0.25, 0.3) is 11.0 Å². The van der Waals surface area contributed by atoms with Gasteiger partial charge < -0.3 is 14.1 Å². The van der Waals surface area contributed by atoms with Crippen LogP contribution in [-0.2, 0) is 16.4 Å². The van der Waals surface area contributed by atoms with E-state index in [1.807, 2.05) is 51.1 Å². The maximum absolute atomic E-state index is 13.6. The van der Waals surface area contributed by atoms with Gasteiger partial charge in [-0.25, -0.2) is 8.42 Å². The lowest BCUT2D eigenvalue weighted by Crippen LogP contribution is -2.40. The molecule has 0 N–H and O–H groups in total. The molecule has 2 heterocycles. The van der Waals surface area contributed by atoms with Gasteiger partial charge in [-0.2, -0.15) is 0 Å². The van der Waals surface area contributed by atoms with Crippen LogP contribution in [0.15, 0.2) is 51.7 Å². The molecule has 0 aliphatic carbocycles. The molecule has 1 saturated heterocycles. The van der Waals surface area contributed by atoms with E-state index >= 15 is 0 Å². The van der Waals surface area contributed by atoms with Gasteiger partial charge in [0.15, 0.2) is 21.0 Å². The Morgan fingerprint density at radius 1 is 1.15 bits per heavy atom. The Morgan fingerprint density at radius 2 is 1.88 bits per heavy atom. The van der Waals surface area contributed by atoms with Crippen molar-refractivity contribution >= 4 is 26.7 Å². The standard InChI is InChI=1S/C25H27NO6S/c1-4-31-20-7-5-18(6-8-20)14-26(19-9-10-33(29,30)15-19)25(28)23-13-21(27)24-17(3)11-16(2)12-22(24)32-23/h5-8,11-13,19H,4,9-10,14-15H2,1-3H3/t19-/m1/s1. The van der Waals surface area contributed by atoms with Crippen LogP contribution in [0.4, 0.5) is 0 Å². The van der Waals surface area contributed by atoms with Crippen molar-refractivity contribution in [3.05, 3.63) is 75.1 Å². The highest BCUT2D eigenvalue weighted by molar-refractivity contribution is 7.91. The molecule has 3 aromatic rings. The molecule has 2 aromatic carbocycles. The molecule has 0 unspecified atom stereocenters. The first-order valence-electron chi connectivity index (χ1n) is 10.9. The van der Waals surface area contributed by atoms with Crippen molar-refractivity contribution in [3.63, 3.8) is 0 Å². The van der Waals surface area contributed by atoms with E-state index in [0.717, 1.165) is 16.7 Å². The second-order valence-electron chi connectivity index (χ2n) is 8.50. The molecule has 0 radical (unpaired) electrons. The van der Waals surface area contributed by atoms with Gasteiger partial charge >= 0.3 is 0 Å². The minimum Gasteiger partial charge on any atom is -0.494 e. The van der Waals surface area contributed by atoms with E-state index in [4.69, 9.17) is 9.15 Å². The Balaban J connectivity index is 1.72. The van der Waals surface area contributed by atoms with Crippen LogP contribution in [0.5, 0.6) is 5.75 Å². The van der Waals surface area contributed by atoms with Gasteiger partial charge in [0.2, 0.25) is 0 Å². The predicted molar refractivity (Wildman–Crippen MR) is 127 cm³/mol. The average Bonchev–Trinajstić information content (AvgIpc) is 3.11. The Kier molecular flexibility index (Phi) is 6.30. The normalized spacial score (nSPS) is 17.2. The lowest BCUT2D eigenvalue weighted by atomic mass is 10.1. The summed E-state index contributed by atoms with van der Waals surface area (Å²) in [6.45, 7) is 6.36. The van der Waals surface area contributed by atoms with E-state index in [9.17, 15) is 18.0 Å². The Labute approximate surface area is 192 Å². The maximum Gasteiger partial charge on any atom is 0.290 e. The van der Waals surface area contributed by atoms with Crippen LogP contribution in [0.2, 0.25) is 0 Å². The fraction of sp³-hybridized carbons (Fsp3) is 0.360. The molecule has 7 nitrogen and oxygen atoms in total. The Hall–Kier alpha value is -3.13. The zero-order chi connectivity index (χ0) is 23.8. The van der Waals surface area contributed by atoms with E-state index < -0.39 is 21.8 Å². The fourth-order valence-corrected chi connectivity index (χ4v) is 6.08. The molecule has 0 saturated carbocycles. The SMILES string of the molecule is CCOc1ccc(CN(C(=O)c2cc(=O)c3c(C)cc(C)cc3o2)[C@@H]2CCS(=O)(=O)C2)cc1. The zero-order valence-corrected chi connectivity index (χ0v) is 19.8. The zero-order valence-electron chi connectivity index (χ0n) is 19.0. The molecule has 1 amide bonds. The number of sulfone groups is 1. The fourth-order valence-electron chi connectivity index (χ4n) is 4.35. The van der Waals surface area contributed by atoms with Gasteiger partial charge in [-0.3, -0.25) is 9.59 Å². The first-order chi connectivity index (χ1) is 15.7. The molecular formula is C25H27NO6S. The molecule has 1 atom stereocenters. The number of rotatable bonds is 6. The van der Waals surface area contributed by atoms with Gasteiger partial charge in [0.25, 0.3) is 5.91 Å². The first-order valence-corrected chi connectivity index (χ1v) is 12.8. The van der Waals surface area contributed by atoms with Crippen LogP contribution in [-0.4, -0.2) is 43.4 Å². The van der Waals surface area contributed by atoms with Crippen molar-refractivity contribution in [1.82, 2.24) is 4.90 Å². The smallest absolute Gasteiger partial charge is 0.290 e. The van der Waals surface area contributed by atoms with E-state index in [1.54, 1.807) is 6.07 Å². The summed E-state index contributed by atoms with van der Waals surface area (Å²) in [5, 5.41) is 0.443. The molecule has 0 bridgehead atoms. The van der Waals surface area contributed by atoms with Crippen LogP contribution >= 0.6 is 0 Å². The Morgan fingerprint density at radius 3 is 2.52 bits per heavy atom. The van der Waals surface area contributed by atoms with E-state index in [-0.39, 0.29) is 29.2 Å². The predicted octanol–water partition coefficient (Wildman–Crippen LogP) is 3.64. The van der Waals surface area contributed by atoms with Crippen molar-refractivity contribution in [2.45, 2.75) is 39.8 Å². The number of amides is 1. The van der Waals surface area contributed by atoms with Crippen molar-refractivity contribution < 1.29 is 22.4 Å². The topological polar surface area (TPSA) is 93.9 Å². The van der Waals surface area contributed by atoms with Crippen molar-refractivity contribution in [3.8, 4) is 5.75 Å². The van der Waals surface area contributed by atoms with Gasteiger partial charge in [0.05, 0.1) is 23.5 Å². The number of fused-ring (bicyclic) bond motifs is 1. The third-order valence-electron chi connectivity index (χ3n) is 5.88. The van der Waals surface area contributed by atoms with Crippen LogP contribution in [0, 0.1) is 13.8 Å². The minimum atomic E-state index is -3.22. The lowest BCUT2D eigenvalue weighted by molar-refractivity contribution is 0.0648. The summed E-state index contributed by atoms with van der Waals surface area (Å²) in [4.78, 5) is 27.9. The van der Waals surface area contributed by atoms with Gasteiger partial charge in [-0.15, -0.1) is 0 Å². The highest BCUT2D eigenvalue weighted by Crippen LogP contribution is 2.25. The molecule has 33 heavy (non-hydrogen) atoms. The largest absolute Gasteiger partial charge is 0.494 e. The number of ether oxygens (including phenoxy) is 1. The number of benzene rings is 2. The molecular weight excluding hydrogens is 442 g/mol. The second kappa shape index (κ2) is 9.02. The third kappa shape index (κ3) is 4.95. The molecule has 174 valence electrons. The van der Waals surface area contributed by atoms with E-state index in [2.05, 4.69) is 0 Å². The number of nitrogens with zero attached hydrogens (tertiary/aromatic N) is 1. The number of hydrogen-bond donors (Lipinski definition) is 0. The number of hydrogen-bond acceptors (Lipinski definition) is 6. The van der Waals surface area contributed by atoms with Crippen molar-refractivity contribution in [2.24, 2.45) is 0 Å². The summed E-state index contributed by atoms with van der Waals surface area (Å²) in [6, 6.07) is 11.7. The maximum atomic E-state index is 13.6. The minimum absolute atomic E-state index is 0.0325. The van der Waals surface area contributed by atoms with Gasteiger partial charge in [-0.05, 0) is 62.1 Å². The molecule has 1 aliphatic rings. The molecule has 1 aromatic heterocycles. The number of aryl methyl sites for hydroxylation is 2. The van der Waals surface area contributed by atoms with E-state index in [0.29, 0.717) is 29.7 Å². The summed E-state index contributed by atoms with van der Waals surface area (Å²) in [5.41, 5.74) is 2.58. The van der Waals surface area contributed by atoms with Crippen molar-refractivity contribution in [1.29, 1.82) is 0 Å². The third-order valence-corrected chi connectivity index (χ3v) is 7.63. The molecule has 1 fully saturated rings. The van der Waals surface area contributed by atoms with E-state index in [1.165, 1.54) is 11.0 Å². The van der Waals surface area contributed by atoms with Gasteiger partial charge in [0, 0.05) is 18.7 Å². The molecule has 1 aliphatic heterocycles. The monoisotopic (exact) mass is 469 g/mol. The lowest BCUT2D eigenvalue weighted by Gasteiger charge is -2.28. The summed E-state index contributed by atoms with van der Waals surface area (Å²) < 4.78 is 35.7.